The van der Waals surface area contributed by atoms with Gasteiger partial charge in [-0.3, -0.25) is 15.1 Å². The van der Waals surface area contributed by atoms with Gasteiger partial charge in [-0.15, -0.1) is 0 Å². The molecular weight excluding hydrogens is 590 g/mol. The number of imidazole rings is 1. The number of aromatic amines is 1. The van der Waals surface area contributed by atoms with Gasteiger partial charge in [-0.1, -0.05) is 64.5 Å². The van der Waals surface area contributed by atoms with E-state index >= 15 is 0 Å². The van der Waals surface area contributed by atoms with Crippen molar-refractivity contribution in [2.24, 2.45) is 4.99 Å². The van der Waals surface area contributed by atoms with Gasteiger partial charge in [0.1, 0.15) is 11.6 Å². The number of pyridine rings is 1. The number of carbonyl (C=O) groups excluding carboxylic acids is 1. The van der Waals surface area contributed by atoms with Crippen molar-refractivity contribution >= 4 is 44.5 Å². The van der Waals surface area contributed by atoms with Gasteiger partial charge in [0.05, 0.1) is 5.52 Å². The van der Waals surface area contributed by atoms with E-state index in [1.165, 1.54) is 5.56 Å². The first-order chi connectivity index (χ1) is 20.6. The Kier molecular flexibility index (Phi) is 10.3. The summed E-state index contributed by atoms with van der Waals surface area (Å²) in [6.45, 7) is 1.89. The molecule has 2 aromatic heterocycles. The minimum absolute atomic E-state index is 0.191. The summed E-state index contributed by atoms with van der Waals surface area (Å²) in [5, 5.41) is 10.9. The second-order valence-electron chi connectivity index (χ2n) is 9.89. The summed E-state index contributed by atoms with van der Waals surface area (Å²) in [4.78, 5) is 29.8. The summed E-state index contributed by atoms with van der Waals surface area (Å²) in [7, 11) is 0. The minimum Gasteiger partial charge on any atom is -0.370 e. The fraction of sp³-hybridized carbons (Fsp3) is 0.212. The van der Waals surface area contributed by atoms with Crippen LogP contribution in [-0.4, -0.2) is 46.5 Å². The highest BCUT2D eigenvalue weighted by molar-refractivity contribution is 9.10. The Hall–Kier alpha value is -4.50. The van der Waals surface area contributed by atoms with Crippen LogP contribution in [0, 0.1) is 0 Å². The number of nitrogens with one attached hydrogen (secondary N) is 4. The predicted molar refractivity (Wildman–Crippen MR) is 173 cm³/mol. The van der Waals surface area contributed by atoms with E-state index < -0.39 is 0 Å². The van der Waals surface area contributed by atoms with Gasteiger partial charge in [0.2, 0.25) is 0 Å². The van der Waals surface area contributed by atoms with Crippen molar-refractivity contribution in [1.29, 1.82) is 0 Å². The number of nitrogens with zero attached hydrogens (tertiary/aromatic N) is 3. The fourth-order valence-electron chi connectivity index (χ4n) is 4.55. The third kappa shape index (κ3) is 8.50. The van der Waals surface area contributed by atoms with Gasteiger partial charge in [0.15, 0.2) is 5.96 Å². The van der Waals surface area contributed by atoms with Crippen LogP contribution in [-0.2, 0) is 12.8 Å². The van der Waals surface area contributed by atoms with Crippen molar-refractivity contribution in [2.45, 2.75) is 25.7 Å². The van der Waals surface area contributed by atoms with Crippen LogP contribution in [0.5, 0.6) is 0 Å². The van der Waals surface area contributed by atoms with Gasteiger partial charge in [0.25, 0.3) is 5.91 Å². The number of carbonyl (C=O) groups is 1. The highest BCUT2D eigenvalue weighted by atomic mass is 79.9. The standard InChI is InChI=1S/C33H34BrN7O/c34-28-15-13-24(14-16-28)22-27-23-26-10-4-5-11-29(26)40-31(27)37-18-7-19-39-33(38-17-6-12-30-35-20-21-36-30)41-32(42)25-8-2-1-3-9-25/h1-5,8-11,13-16,20-21,23H,6-7,12,17-19,22H2,(H,35,36)(H,37,40)(H2,38,39,41,42). The van der Waals surface area contributed by atoms with Crippen LogP contribution in [0.1, 0.15) is 40.2 Å². The molecule has 5 rings (SSSR count). The lowest BCUT2D eigenvalue weighted by Gasteiger charge is -2.14. The first kappa shape index (κ1) is 29.0. The Balaban J connectivity index is 1.21. The summed E-state index contributed by atoms with van der Waals surface area (Å²) in [5.41, 5.74) is 3.92. The number of guanidine groups is 1. The first-order valence-corrected chi connectivity index (χ1v) is 14.9. The zero-order valence-electron chi connectivity index (χ0n) is 23.3. The predicted octanol–water partition coefficient (Wildman–Crippen LogP) is 6.12. The highest BCUT2D eigenvalue weighted by Crippen LogP contribution is 2.24. The Morgan fingerprint density at radius 1 is 0.929 bits per heavy atom. The number of aliphatic imine (C=N–C) groups is 1. The molecule has 2 heterocycles. The van der Waals surface area contributed by atoms with E-state index in [4.69, 9.17) is 4.98 Å². The summed E-state index contributed by atoms with van der Waals surface area (Å²) in [6, 6.07) is 27.9. The van der Waals surface area contributed by atoms with Gasteiger partial charge in [0, 0.05) is 60.3 Å². The van der Waals surface area contributed by atoms with E-state index in [1.807, 2.05) is 42.6 Å². The van der Waals surface area contributed by atoms with Crippen molar-refractivity contribution in [2.75, 3.05) is 25.0 Å². The Labute approximate surface area is 254 Å². The van der Waals surface area contributed by atoms with Crippen LogP contribution in [0.4, 0.5) is 5.82 Å². The molecule has 214 valence electrons. The number of hydrogen-bond donors (Lipinski definition) is 4. The van der Waals surface area contributed by atoms with Crippen LogP contribution in [0.2, 0.25) is 0 Å². The molecule has 0 atom stereocenters. The maximum atomic E-state index is 12.8. The summed E-state index contributed by atoms with van der Waals surface area (Å²) < 4.78 is 1.06. The number of aromatic nitrogens is 3. The van der Waals surface area contributed by atoms with E-state index in [-0.39, 0.29) is 5.91 Å². The number of halogens is 1. The number of hydrogen-bond acceptors (Lipinski definition) is 5. The van der Waals surface area contributed by atoms with Crippen LogP contribution >= 0.6 is 15.9 Å². The number of rotatable bonds is 12. The molecule has 0 aliphatic carbocycles. The van der Waals surface area contributed by atoms with Crippen molar-refractivity contribution in [1.82, 2.24) is 25.6 Å². The molecule has 42 heavy (non-hydrogen) atoms. The number of benzene rings is 3. The normalized spacial score (nSPS) is 11.4. The van der Waals surface area contributed by atoms with E-state index in [1.54, 1.807) is 18.3 Å². The minimum atomic E-state index is -0.191. The number of H-pyrrole nitrogens is 1. The number of amides is 1. The molecule has 3 aromatic carbocycles. The average Bonchev–Trinajstić information content (AvgIpc) is 3.54. The molecule has 4 N–H and O–H groups in total. The largest absolute Gasteiger partial charge is 0.370 e. The summed E-state index contributed by atoms with van der Waals surface area (Å²) >= 11 is 3.52. The van der Waals surface area contributed by atoms with Crippen molar-refractivity contribution in [3.8, 4) is 0 Å². The molecule has 0 spiro atoms. The van der Waals surface area contributed by atoms with E-state index in [0.29, 0.717) is 31.2 Å². The number of para-hydroxylation sites is 1. The maximum absolute atomic E-state index is 12.8. The molecule has 0 aliphatic heterocycles. The van der Waals surface area contributed by atoms with E-state index in [9.17, 15) is 4.79 Å². The Morgan fingerprint density at radius 2 is 1.74 bits per heavy atom. The van der Waals surface area contributed by atoms with Crippen molar-refractivity contribution < 1.29 is 4.79 Å². The van der Waals surface area contributed by atoms with Crippen molar-refractivity contribution in [3.63, 3.8) is 0 Å². The van der Waals surface area contributed by atoms with Gasteiger partial charge < -0.3 is 15.6 Å². The van der Waals surface area contributed by atoms with Gasteiger partial charge in [-0.25, -0.2) is 9.97 Å². The molecule has 0 radical (unpaired) electrons. The smallest absolute Gasteiger partial charge is 0.257 e. The summed E-state index contributed by atoms with van der Waals surface area (Å²) in [6.07, 6.45) is 6.78. The molecule has 0 fully saturated rings. The lowest BCUT2D eigenvalue weighted by Crippen LogP contribution is -2.41. The van der Waals surface area contributed by atoms with Crippen LogP contribution in [0.3, 0.4) is 0 Å². The lowest BCUT2D eigenvalue weighted by molar-refractivity contribution is 0.0975. The van der Waals surface area contributed by atoms with Crippen LogP contribution in [0.15, 0.2) is 107 Å². The third-order valence-corrected chi connectivity index (χ3v) is 7.24. The second-order valence-corrected chi connectivity index (χ2v) is 10.8. The highest BCUT2D eigenvalue weighted by Gasteiger charge is 2.10. The first-order valence-electron chi connectivity index (χ1n) is 14.1. The molecule has 0 saturated carbocycles. The second kappa shape index (κ2) is 14.9. The number of anilines is 1. The average molecular weight is 625 g/mol. The number of aryl methyl sites for hydroxylation is 1. The quantitative estimate of drug-likeness (QED) is 0.0761. The molecule has 0 saturated heterocycles. The number of fused-ring (bicyclic) bond motifs is 1. The Morgan fingerprint density at radius 3 is 2.55 bits per heavy atom. The lowest BCUT2D eigenvalue weighted by atomic mass is 10.0. The van der Waals surface area contributed by atoms with Crippen LogP contribution in [0.25, 0.3) is 10.9 Å². The SMILES string of the molecule is O=C(NC(=NCCCNc1nc2ccccc2cc1Cc1ccc(Br)cc1)NCCCc1ncc[nH]1)c1ccccc1. The van der Waals surface area contributed by atoms with Gasteiger partial charge in [-0.2, -0.15) is 0 Å². The molecule has 9 heteroatoms. The van der Waals surface area contributed by atoms with E-state index in [0.717, 1.165) is 58.3 Å². The zero-order valence-corrected chi connectivity index (χ0v) is 24.9. The molecular formula is C33H34BrN7O. The molecule has 8 nitrogen and oxygen atoms in total. The molecule has 5 aromatic rings. The monoisotopic (exact) mass is 623 g/mol. The molecule has 0 unspecified atom stereocenters. The maximum Gasteiger partial charge on any atom is 0.257 e. The zero-order chi connectivity index (χ0) is 29.0. The molecule has 1 amide bonds. The molecule has 0 aliphatic rings. The van der Waals surface area contributed by atoms with Crippen molar-refractivity contribution in [3.05, 3.63) is 124 Å². The van der Waals surface area contributed by atoms with Crippen LogP contribution < -0.4 is 16.0 Å². The van der Waals surface area contributed by atoms with E-state index in [2.05, 4.69) is 83.2 Å². The fourth-order valence-corrected chi connectivity index (χ4v) is 4.82. The topological polar surface area (TPSA) is 107 Å². The Bertz CT molecular complexity index is 1600. The third-order valence-electron chi connectivity index (χ3n) is 6.71. The molecule has 0 bridgehead atoms. The summed E-state index contributed by atoms with van der Waals surface area (Å²) in [5.74, 6) is 2.11. The van der Waals surface area contributed by atoms with Gasteiger partial charge in [-0.05, 0) is 60.4 Å². The van der Waals surface area contributed by atoms with Gasteiger partial charge >= 0.3 is 0 Å².